The molecule has 0 aliphatic heterocycles. The molecule has 0 fully saturated rings. The highest BCUT2D eigenvalue weighted by molar-refractivity contribution is 6.20. The first-order valence-electron chi connectivity index (χ1n) is 10.2. The summed E-state index contributed by atoms with van der Waals surface area (Å²) in [5, 5.41) is 19.5. The first-order valence-corrected chi connectivity index (χ1v) is 10.2. The van der Waals surface area contributed by atoms with Gasteiger partial charge < -0.3 is 24.3 Å². The van der Waals surface area contributed by atoms with Crippen LogP contribution in [0, 0.1) is 0 Å². The standard InChI is InChI=1S/C24H27NO5/c1-5-29-16-7-9-18-20(11-16)25(4)23-21(18)22(28)17-8-6-15(30-13-14(27)12-26)10-19(17)24(23,2)3/h6-11,14,26-27H,5,12-13H2,1-4H3/t14-/m0/s1. The number of fused-ring (bicyclic) bond motifs is 4. The van der Waals surface area contributed by atoms with E-state index in [1.165, 1.54) is 0 Å². The van der Waals surface area contributed by atoms with Crippen LogP contribution in [0.15, 0.2) is 36.4 Å². The van der Waals surface area contributed by atoms with Crippen LogP contribution < -0.4 is 9.47 Å². The van der Waals surface area contributed by atoms with Crippen molar-refractivity contribution < 1.29 is 24.5 Å². The average molecular weight is 409 g/mol. The second-order valence-electron chi connectivity index (χ2n) is 8.20. The van der Waals surface area contributed by atoms with E-state index in [0.29, 0.717) is 17.9 Å². The number of aliphatic hydroxyl groups excluding tert-OH is 2. The van der Waals surface area contributed by atoms with Crippen LogP contribution in [0.2, 0.25) is 0 Å². The first-order chi connectivity index (χ1) is 14.3. The molecule has 4 rings (SSSR count). The van der Waals surface area contributed by atoms with E-state index in [4.69, 9.17) is 14.6 Å². The largest absolute Gasteiger partial charge is 0.494 e. The number of benzene rings is 2. The Kier molecular flexibility index (Phi) is 5.08. The molecule has 6 nitrogen and oxygen atoms in total. The summed E-state index contributed by atoms with van der Waals surface area (Å²) in [4.78, 5) is 13.5. The Morgan fingerprint density at radius 3 is 2.50 bits per heavy atom. The Balaban J connectivity index is 1.85. The van der Waals surface area contributed by atoms with Gasteiger partial charge in [0.1, 0.15) is 24.2 Å². The van der Waals surface area contributed by atoms with Gasteiger partial charge in [0.05, 0.1) is 24.3 Å². The number of hydrogen-bond donors (Lipinski definition) is 2. The zero-order valence-corrected chi connectivity index (χ0v) is 17.7. The van der Waals surface area contributed by atoms with Crippen molar-refractivity contribution in [3.8, 4) is 11.5 Å². The second kappa shape index (κ2) is 7.45. The zero-order chi connectivity index (χ0) is 21.6. The minimum atomic E-state index is -0.944. The number of nitrogens with zero attached hydrogens (tertiary/aromatic N) is 1. The Bertz CT molecular complexity index is 1130. The number of aliphatic hydroxyl groups is 2. The summed E-state index contributed by atoms with van der Waals surface area (Å²) >= 11 is 0. The molecule has 6 heteroatoms. The summed E-state index contributed by atoms with van der Waals surface area (Å²) in [5.41, 5.74) is 3.75. The molecule has 0 amide bonds. The summed E-state index contributed by atoms with van der Waals surface area (Å²) in [7, 11) is 1.98. The lowest BCUT2D eigenvalue weighted by molar-refractivity contribution is 0.0535. The summed E-state index contributed by atoms with van der Waals surface area (Å²) in [6, 6.07) is 11.2. The lowest BCUT2D eigenvalue weighted by atomic mass is 9.71. The molecule has 0 saturated heterocycles. The number of aryl methyl sites for hydroxylation is 1. The predicted octanol–water partition coefficient (Wildman–Crippen LogP) is 3.18. The maximum Gasteiger partial charge on any atom is 0.195 e. The molecule has 1 aliphatic rings. The lowest BCUT2D eigenvalue weighted by Crippen LogP contribution is -2.32. The first kappa shape index (κ1) is 20.4. The SMILES string of the molecule is CCOc1ccc2c3c(n(C)c2c1)C(C)(C)c1cc(OC[C@@H](O)CO)ccc1C3=O. The molecule has 1 atom stereocenters. The minimum Gasteiger partial charge on any atom is -0.494 e. The smallest absolute Gasteiger partial charge is 0.195 e. The number of ether oxygens (including phenoxy) is 2. The molecule has 0 spiro atoms. The van der Waals surface area contributed by atoms with Crippen molar-refractivity contribution in [1.29, 1.82) is 0 Å². The molecule has 2 aromatic carbocycles. The van der Waals surface area contributed by atoms with Crippen LogP contribution >= 0.6 is 0 Å². The van der Waals surface area contributed by atoms with E-state index in [1.54, 1.807) is 12.1 Å². The van der Waals surface area contributed by atoms with Gasteiger partial charge in [0.25, 0.3) is 0 Å². The monoisotopic (exact) mass is 409 g/mol. The highest BCUT2D eigenvalue weighted by Crippen LogP contribution is 2.46. The van der Waals surface area contributed by atoms with E-state index in [-0.39, 0.29) is 19.0 Å². The van der Waals surface area contributed by atoms with Gasteiger partial charge in [0, 0.05) is 35.2 Å². The maximum absolute atomic E-state index is 13.5. The van der Waals surface area contributed by atoms with Gasteiger partial charge in [-0.2, -0.15) is 0 Å². The van der Waals surface area contributed by atoms with Crippen LogP contribution in [-0.2, 0) is 12.5 Å². The van der Waals surface area contributed by atoms with Crippen LogP contribution in [0.1, 0.15) is 48.0 Å². The summed E-state index contributed by atoms with van der Waals surface area (Å²) in [6.07, 6.45) is -0.944. The summed E-state index contributed by atoms with van der Waals surface area (Å²) in [5.74, 6) is 1.34. The third kappa shape index (κ3) is 3.07. The highest BCUT2D eigenvalue weighted by atomic mass is 16.5. The van der Waals surface area contributed by atoms with Gasteiger partial charge >= 0.3 is 0 Å². The molecule has 1 heterocycles. The van der Waals surface area contributed by atoms with E-state index in [9.17, 15) is 9.90 Å². The molecule has 1 aliphatic carbocycles. The van der Waals surface area contributed by atoms with Crippen molar-refractivity contribution in [1.82, 2.24) is 4.57 Å². The number of aromatic nitrogens is 1. The van der Waals surface area contributed by atoms with Crippen molar-refractivity contribution in [3.63, 3.8) is 0 Å². The fourth-order valence-electron chi connectivity index (χ4n) is 4.47. The van der Waals surface area contributed by atoms with Crippen molar-refractivity contribution in [3.05, 3.63) is 58.8 Å². The van der Waals surface area contributed by atoms with Crippen molar-refractivity contribution in [2.75, 3.05) is 19.8 Å². The fraction of sp³-hybridized carbons (Fsp3) is 0.375. The van der Waals surface area contributed by atoms with E-state index in [0.717, 1.165) is 33.5 Å². The van der Waals surface area contributed by atoms with E-state index in [1.807, 2.05) is 38.2 Å². The fourth-order valence-corrected chi connectivity index (χ4v) is 4.47. The molecular weight excluding hydrogens is 382 g/mol. The third-order valence-electron chi connectivity index (χ3n) is 5.86. The summed E-state index contributed by atoms with van der Waals surface area (Å²) in [6.45, 7) is 6.36. The van der Waals surface area contributed by atoms with Gasteiger partial charge in [-0.1, -0.05) is 13.8 Å². The normalized spacial score (nSPS) is 15.6. The zero-order valence-electron chi connectivity index (χ0n) is 17.7. The number of carbonyl (C=O) groups excluding carboxylic acids is 1. The van der Waals surface area contributed by atoms with Crippen molar-refractivity contribution in [2.24, 2.45) is 7.05 Å². The maximum atomic E-state index is 13.5. The molecular formula is C24H27NO5. The van der Waals surface area contributed by atoms with Gasteiger partial charge in [-0.25, -0.2) is 0 Å². The third-order valence-corrected chi connectivity index (χ3v) is 5.86. The van der Waals surface area contributed by atoms with E-state index < -0.39 is 11.5 Å². The van der Waals surface area contributed by atoms with Gasteiger partial charge in [0.2, 0.25) is 0 Å². The number of carbonyl (C=O) groups is 1. The Labute approximate surface area is 175 Å². The molecule has 0 saturated carbocycles. The average Bonchev–Trinajstić information content (AvgIpc) is 3.04. The quantitative estimate of drug-likeness (QED) is 0.654. The van der Waals surface area contributed by atoms with E-state index >= 15 is 0 Å². The second-order valence-corrected chi connectivity index (χ2v) is 8.20. The van der Waals surface area contributed by atoms with Crippen LogP contribution in [0.3, 0.4) is 0 Å². The Hall–Kier alpha value is -2.83. The molecule has 2 N–H and O–H groups in total. The molecule has 3 aromatic rings. The highest BCUT2D eigenvalue weighted by Gasteiger charge is 2.41. The van der Waals surface area contributed by atoms with Gasteiger partial charge in [0.15, 0.2) is 5.78 Å². The van der Waals surface area contributed by atoms with Gasteiger partial charge in [-0.15, -0.1) is 0 Å². The van der Waals surface area contributed by atoms with E-state index in [2.05, 4.69) is 18.4 Å². The number of hydrogen-bond acceptors (Lipinski definition) is 5. The van der Waals surface area contributed by atoms with Crippen LogP contribution in [0.5, 0.6) is 11.5 Å². The topological polar surface area (TPSA) is 80.9 Å². The Morgan fingerprint density at radius 1 is 1.10 bits per heavy atom. The molecule has 1 aromatic heterocycles. The summed E-state index contributed by atoms with van der Waals surface area (Å²) < 4.78 is 13.4. The molecule has 158 valence electrons. The predicted molar refractivity (Wildman–Crippen MR) is 115 cm³/mol. The number of rotatable bonds is 6. The van der Waals surface area contributed by atoms with Crippen LogP contribution in [0.4, 0.5) is 0 Å². The van der Waals surface area contributed by atoms with Crippen molar-refractivity contribution >= 4 is 16.7 Å². The molecule has 30 heavy (non-hydrogen) atoms. The van der Waals surface area contributed by atoms with Crippen LogP contribution in [-0.4, -0.2) is 46.5 Å². The Morgan fingerprint density at radius 2 is 1.80 bits per heavy atom. The van der Waals surface area contributed by atoms with Crippen molar-refractivity contribution in [2.45, 2.75) is 32.3 Å². The van der Waals surface area contributed by atoms with Gasteiger partial charge in [-0.3, -0.25) is 4.79 Å². The minimum absolute atomic E-state index is 0.00368. The molecule has 0 radical (unpaired) electrons. The van der Waals surface area contributed by atoms with Gasteiger partial charge in [-0.05, 0) is 42.8 Å². The number of ketones is 1. The molecule has 0 unspecified atom stereocenters. The lowest BCUT2D eigenvalue weighted by Gasteiger charge is -2.34. The molecule has 0 bridgehead atoms. The van der Waals surface area contributed by atoms with Crippen LogP contribution in [0.25, 0.3) is 10.9 Å².